The summed E-state index contributed by atoms with van der Waals surface area (Å²) >= 11 is 1.63. The summed E-state index contributed by atoms with van der Waals surface area (Å²) in [7, 11) is 0. The van der Waals surface area contributed by atoms with Crippen molar-refractivity contribution in [3.8, 4) is 0 Å². The van der Waals surface area contributed by atoms with Crippen LogP contribution >= 0.6 is 11.3 Å². The van der Waals surface area contributed by atoms with Crippen molar-refractivity contribution < 1.29 is 14.6 Å². The van der Waals surface area contributed by atoms with Crippen LogP contribution in [0.15, 0.2) is 17.5 Å². The minimum atomic E-state index is -0.710. The molecule has 84 valence electrons. The van der Waals surface area contributed by atoms with Crippen LogP contribution < -0.4 is 5.73 Å². The van der Waals surface area contributed by atoms with Crippen LogP contribution in [0, 0.1) is 0 Å². The number of ether oxygens (including phenoxy) is 1. The second kappa shape index (κ2) is 6.55. The molecule has 0 saturated carbocycles. The Kier molecular flexibility index (Phi) is 5.31. The zero-order valence-corrected chi connectivity index (χ0v) is 9.20. The molecular weight excluding hydrogens is 214 g/mol. The largest absolute Gasteiger partial charge is 0.464 e. The minimum Gasteiger partial charge on any atom is -0.464 e. The average molecular weight is 229 g/mol. The van der Waals surface area contributed by atoms with E-state index in [1.165, 1.54) is 4.88 Å². The van der Waals surface area contributed by atoms with Crippen molar-refractivity contribution in [3.63, 3.8) is 0 Å². The Morgan fingerprint density at radius 2 is 2.47 bits per heavy atom. The van der Waals surface area contributed by atoms with E-state index in [0.29, 0.717) is 6.61 Å². The second-order valence-corrected chi connectivity index (χ2v) is 4.15. The molecule has 1 heterocycles. The van der Waals surface area contributed by atoms with Crippen molar-refractivity contribution in [1.82, 2.24) is 0 Å². The fraction of sp³-hybridized carbons (Fsp3) is 0.500. The normalized spacial score (nSPS) is 12.4. The monoisotopic (exact) mass is 229 g/mol. The number of aliphatic hydroxyl groups is 1. The van der Waals surface area contributed by atoms with E-state index in [1.54, 1.807) is 11.3 Å². The van der Waals surface area contributed by atoms with Crippen molar-refractivity contribution >= 4 is 17.3 Å². The number of esters is 1. The Morgan fingerprint density at radius 1 is 1.67 bits per heavy atom. The van der Waals surface area contributed by atoms with E-state index in [9.17, 15) is 4.79 Å². The van der Waals surface area contributed by atoms with E-state index >= 15 is 0 Å². The Labute approximate surface area is 92.7 Å². The molecule has 0 saturated heterocycles. The molecule has 0 radical (unpaired) electrons. The molecular formula is C10H15NO3S. The quantitative estimate of drug-likeness (QED) is 0.698. The van der Waals surface area contributed by atoms with Crippen molar-refractivity contribution in [1.29, 1.82) is 0 Å². The van der Waals surface area contributed by atoms with Gasteiger partial charge in [-0.3, -0.25) is 4.79 Å². The zero-order chi connectivity index (χ0) is 11.1. The van der Waals surface area contributed by atoms with Crippen molar-refractivity contribution in [2.24, 2.45) is 5.73 Å². The van der Waals surface area contributed by atoms with E-state index in [0.717, 1.165) is 6.42 Å². The first kappa shape index (κ1) is 12.2. The number of nitrogens with two attached hydrogens (primary N) is 1. The number of aliphatic hydroxyl groups excluding tert-OH is 1. The van der Waals surface area contributed by atoms with Crippen LogP contribution in [0.5, 0.6) is 0 Å². The first-order valence-corrected chi connectivity index (χ1v) is 5.67. The van der Waals surface area contributed by atoms with Gasteiger partial charge in [-0.2, -0.15) is 0 Å². The first-order chi connectivity index (χ1) is 7.24. The lowest BCUT2D eigenvalue weighted by molar-refractivity contribution is -0.145. The van der Waals surface area contributed by atoms with Crippen LogP contribution in [0.1, 0.15) is 11.3 Å². The number of carbonyl (C=O) groups is 1. The summed E-state index contributed by atoms with van der Waals surface area (Å²) in [6.45, 7) is 0.250. The van der Waals surface area contributed by atoms with E-state index < -0.39 is 12.0 Å². The topological polar surface area (TPSA) is 72.5 Å². The van der Waals surface area contributed by atoms with Gasteiger partial charge in [0.1, 0.15) is 6.04 Å². The first-order valence-electron chi connectivity index (χ1n) is 4.79. The molecule has 1 atom stereocenters. The summed E-state index contributed by atoms with van der Waals surface area (Å²) in [6, 6.07) is 3.24. The number of thiophene rings is 1. The molecule has 0 aliphatic rings. The third kappa shape index (κ3) is 4.42. The maximum absolute atomic E-state index is 11.2. The van der Waals surface area contributed by atoms with Crippen molar-refractivity contribution in [2.45, 2.75) is 18.9 Å². The third-order valence-electron chi connectivity index (χ3n) is 1.92. The Bertz CT molecular complexity index is 287. The molecule has 3 N–H and O–H groups in total. The molecule has 15 heavy (non-hydrogen) atoms. The summed E-state index contributed by atoms with van der Waals surface area (Å²) in [6.07, 6.45) is 0.965. The van der Waals surface area contributed by atoms with Gasteiger partial charge in [-0.1, -0.05) is 6.07 Å². The molecule has 1 aromatic heterocycles. The Morgan fingerprint density at radius 3 is 3.07 bits per heavy atom. The molecule has 1 rings (SSSR count). The highest BCUT2D eigenvalue weighted by Gasteiger charge is 2.13. The summed E-state index contributed by atoms with van der Waals surface area (Å²) in [5.74, 6) is -0.444. The van der Waals surface area contributed by atoms with Crippen LogP contribution in [0.3, 0.4) is 0 Å². The predicted molar refractivity (Wildman–Crippen MR) is 58.7 cm³/mol. The van der Waals surface area contributed by atoms with E-state index in [1.807, 2.05) is 17.5 Å². The van der Waals surface area contributed by atoms with E-state index in [2.05, 4.69) is 0 Å². The van der Waals surface area contributed by atoms with E-state index in [4.69, 9.17) is 15.6 Å². The van der Waals surface area contributed by atoms with Gasteiger partial charge in [0.05, 0.1) is 6.61 Å². The Balaban J connectivity index is 2.17. The maximum Gasteiger partial charge on any atom is 0.323 e. The van der Waals surface area contributed by atoms with Gasteiger partial charge < -0.3 is 15.6 Å². The van der Waals surface area contributed by atoms with Crippen LogP contribution in [0.2, 0.25) is 0 Å². The van der Waals surface area contributed by atoms with Gasteiger partial charge in [0, 0.05) is 17.9 Å². The summed E-state index contributed by atoms with van der Waals surface area (Å²) in [5, 5.41) is 10.6. The maximum atomic E-state index is 11.2. The third-order valence-corrected chi connectivity index (χ3v) is 2.85. The van der Waals surface area contributed by atoms with Gasteiger partial charge in [0.2, 0.25) is 0 Å². The number of hydrogen-bond acceptors (Lipinski definition) is 5. The molecule has 0 amide bonds. The van der Waals surface area contributed by atoms with Crippen LogP contribution in [-0.4, -0.2) is 30.3 Å². The molecule has 0 spiro atoms. The van der Waals surface area contributed by atoms with E-state index in [-0.39, 0.29) is 13.0 Å². The number of hydrogen-bond donors (Lipinski definition) is 2. The molecule has 1 unspecified atom stereocenters. The number of carbonyl (C=O) groups excluding carboxylic acids is 1. The standard InChI is InChI=1S/C10H15NO3S/c11-9(3-5-12)10(13)14-6-4-8-2-1-7-15-8/h1-2,7,9,12H,3-6,11H2. The Hall–Kier alpha value is -0.910. The fourth-order valence-electron chi connectivity index (χ4n) is 1.07. The van der Waals surface area contributed by atoms with Crippen molar-refractivity contribution in [3.05, 3.63) is 22.4 Å². The molecule has 0 bridgehead atoms. The summed E-state index contributed by atoms with van der Waals surface area (Å²) < 4.78 is 4.96. The highest BCUT2D eigenvalue weighted by molar-refractivity contribution is 7.09. The SMILES string of the molecule is NC(CCO)C(=O)OCCc1cccs1. The van der Waals surface area contributed by atoms with Gasteiger partial charge in [-0.15, -0.1) is 11.3 Å². The molecule has 0 aliphatic carbocycles. The smallest absolute Gasteiger partial charge is 0.323 e. The number of rotatable bonds is 6. The highest BCUT2D eigenvalue weighted by atomic mass is 32.1. The van der Waals surface area contributed by atoms with Gasteiger partial charge in [-0.05, 0) is 17.9 Å². The van der Waals surface area contributed by atoms with Crippen LogP contribution in [-0.2, 0) is 16.0 Å². The molecule has 0 aromatic carbocycles. The predicted octanol–water partition coefficient (Wildman–Crippen LogP) is 0.543. The molecule has 5 heteroatoms. The minimum absolute atomic E-state index is 0.0960. The lowest BCUT2D eigenvalue weighted by Gasteiger charge is -2.09. The average Bonchev–Trinajstić information content (AvgIpc) is 2.71. The molecule has 0 fully saturated rings. The second-order valence-electron chi connectivity index (χ2n) is 3.12. The fourth-order valence-corrected chi connectivity index (χ4v) is 1.76. The lowest BCUT2D eigenvalue weighted by atomic mass is 10.2. The van der Waals surface area contributed by atoms with Crippen LogP contribution in [0.25, 0.3) is 0 Å². The molecule has 4 nitrogen and oxygen atoms in total. The molecule has 1 aromatic rings. The van der Waals surface area contributed by atoms with Gasteiger partial charge >= 0.3 is 5.97 Å². The summed E-state index contributed by atoms with van der Waals surface area (Å²) in [5.41, 5.74) is 5.46. The van der Waals surface area contributed by atoms with Crippen LogP contribution in [0.4, 0.5) is 0 Å². The van der Waals surface area contributed by atoms with Crippen molar-refractivity contribution in [2.75, 3.05) is 13.2 Å². The lowest BCUT2D eigenvalue weighted by Crippen LogP contribution is -2.33. The zero-order valence-electron chi connectivity index (χ0n) is 8.39. The summed E-state index contributed by atoms with van der Waals surface area (Å²) in [4.78, 5) is 12.4. The van der Waals surface area contributed by atoms with Gasteiger partial charge in [0.15, 0.2) is 0 Å². The van der Waals surface area contributed by atoms with Gasteiger partial charge in [-0.25, -0.2) is 0 Å². The van der Waals surface area contributed by atoms with Gasteiger partial charge in [0.25, 0.3) is 0 Å². The molecule has 0 aliphatic heterocycles. The highest BCUT2D eigenvalue weighted by Crippen LogP contribution is 2.09.